The van der Waals surface area contributed by atoms with Gasteiger partial charge in [-0.25, -0.2) is 18.1 Å². The predicted octanol–water partition coefficient (Wildman–Crippen LogP) is 2.43. The molecular weight excluding hydrogens is 388 g/mol. The van der Waals surface area contributed by atoms with Crippen LogP contribution >= 0.6 is 0 Å². The number of nitrogens with zero attached hydrogens (tertiary/aromatic N) is 1. The Labute approximate surface area is 173 Å². The molecule has 0 aliphatic rings. The van der Waals surface area contributed by atoms with Crippen LogP contribution in [0.1, 0.15) is 25.0 Å². The maximum Gasteiger partial charge on any atom is 0.240 e. The van der Waals surface area contributed by atoms with Crippen molar-refractivity contribution < 1.29 is 13.2 Å². The van der Waals surface area contributed by atoms with E-state index in [0.29, 0.717) is 32.2 Å². The third-order valence-corrected chi connectivity index (χ3v) is 5.51. The third kappa shape index (κ3) is 7.40. The normalized spacial score (nSPS) is 11.9. The maximum atomic E-state index is 12.2. The molecular formula is C21H30N4O3S. The maximum absolute atomic E-state index is 12.2. The summed E-state index contributed by atoms with van der Waals surface area (Å²) in [5.74, 6) is 1.46. The zero-order chi connectivity index (χ0) is 21.1. The van der Waals surface area contributed by atoms with E-state index in [4.69, 9.17) is 4.74 Å². The minimum Gasteiger partial charge on any atom is -0.494 e. The average molecular weight is 419 g/mol. The van der Waals surface area contributed by atoms with Crippen molar-refractivity contribution in [1.29, 1.82) is 0 Å². The van der Waals surface area contributed by atoms with Crippen LogP contribution in [0, 0.1) is 6.92 Å². The number of rotatable bonds is 10. The fourth-order valence-electron chi connectivity index (χ4n) is 2.64. The van der Waals surface area contributed by atoms with Gasteiger partial charge in [-0.1, -0.05) is 30.3 Å². The molecule has 2 rings (SSSR count). The minimum absolute atomic E-state index is 0.246. The lowest BCUT2D eigenvalue weighted by molar-refractivity contribution is 0.336. The molecule has 0 amide bonds. The Morgan fingerprint density at radius 3 is 2.48 bits per heavy atom. The second kappa shape index (κ2) is 11.4. The Morgan fingerprint density at radius 1 is 1.03 bits per heavy atom. The molecule has 8 heteroatoms. The second-order valence-electron chi connectivity index (χ2n) is 6.38. The van der Waals surface area contributed by atoms with E-state index in [2.05, 4.69) is 20.3 Å². The number of hydrogen-bond donors (Lipinski definition) is 3. The number of hydrogen-bond acceptors (Lipinski definition) is 4. The number of ether oxygens (including phenoxy) is 1. The quantitative estimate of drug-likeness (QED) is 0.313. The van der Waals surface area contributed by atoms with Crippen LogP contribution in [0.3, 0.4) is 0 Å². The second-order valence-corrected chi connectivity index (χ2v) is 8.14. The van der Waals surface area contributed by atoms with Crippen LogP contribution in [0.4, 0.5) is 0 Å². The van der Waals surface area contributed by atoms with Gasteiger partial charge in [0.15, 0.2) is 5.96 Å². The van der Waals surface area contributed by atoms with Gasteiger partial charge in [-0.2, -0.15) is 0 Å². The van der Waals surface area contributed by atoms with Crippen molar-refractivity contribution in [2.75, 3.05) is 26.2 Å². The van der Waals surface area contributed by atoms with Gasteiger partial charge in [-0.05, 0) is 44.5 Å². The molecule has 2 aromatic rings. The Morgan fingerprint density at radius 2 is 1.79 bits per heavy atom. The standard InChI is InChI=1S/C21H30N4O3S/c1-4-22-21(24-16-18-12-11-17(3)15-20(18)28-5-2)23-13-14-25-29(26,27)19-9-7-6-8-10-19/h6-12,15,25H,4-5,13-14,16H2,1-3H3,(H2,22,23,24). The predicted molar refractivity (Wildman–Crippen MR) is 117 cm³/mol. The first-order chi connectivity index (χ1) is 14.0. The number of sulfonamides is 1. The molecule has 158 valence electrons. The van der Waals surface area contributed by atoms with Crippen molar-refractivity contribution in [3.05, 3.63) is 59.7 Å². The van der Waals surface area contributed by atoms with Gasteiger partial charge in [0.05, 0.1) is 18.0 Å². The molecule has 0 radical (unpaired) electrons. The molecule has 0 saturated carbocycles. The molecule has 0 aliphatic carbocycles. The topological polar surface area (TPSA) is 91.8 Å². The van der Waals surface area contributed by atoms with E-state index >= 15 is 0 Å². The van der Waals surface area contributed by atoms with E-state index < -0.39 is 10.0 Å². The van der Waals surface area contributed by atoms with Gasteiger partial charge in [-0.15, -0.1) is 0 Å². The Kier molecular flexibility index (Phi) is 8.95. The summed E-state index contributed by atoms with van der Waals surface area (Å²) in [5.41, 5.74) is 2.14. The lowest BCUT2D eigenvalue weighted by Gasteiger charge is -2.13. The fraction of sp³-hybridized carbons (Fsp3) is 0.381. The minimum atomic E-state index is -3.51. The lowest BCUT2D eigenvalue weighted by atomic mass is 10.1. The first kappa shape index (κ1) is 22.7. The van der Waals surface area contributed by atoms with E-state index in [1.807, 2.05) is 39.0 Å². The first-order valence-corrected chi connectivity index (χ1v) is 11.2. The summed E-state index contributed by atoms with van der Waals surface area (Å²) in [4.78, 5) is 4.84. The van der Waals surface area contributed by atoms with Crippen molar-refractivity contribution in [2.45, 2.75) is 32.2 Å². The largest absolute Gasteiger partial charge is 0.494 e. The highest BCUT2D eigenvalue weighted by Crippen LogP contribution is 2.21. The van der Waals surface area contributed by atoms with Crippen molar-refractivity contribution >= 4 is 16.0 Å². The summed E-state index contributed by atoms with van der Waals surface area (Å²) < 4.78 is 32.8. The van der Waals surface area contributed by atoms with Crippen LogP contribution in [0.5, 0.6) is 5.75 Å². The Bertz CT molecular complexity index is 899. The van der Waals surface area contributed by atoms with Gasteiger partial charge >= 0.3 is 0 Å². The highest BCUT2D eigenvalue weighted by atomic mass is 32.2. The molecule has 29 heavy (non-hydrogen) atoms. The van der Waals surface area contributed by atoms with Gasteiger partial charge in [0.2, 0.25) is 10.0 Å². The van der Waals surface area contributed by atoms with E-state index in [0.717, 1.165) is 16.9 Å². The van der Waals surface area contributed by atoms with Crippen molar-refractivity contribution in [3.63, 3.8) is 0 Å². The van der Waals surface area contributed by atoms with Crippen molar-refractivity contribution in [3.8, 4) is 5.75 Å². The monoisotopic (exact) mass is 418 g/mol. The highest BCUT2D eigenvalue weighted by Gasteiger charge is 2.12. The summed E-state index contributed by atoms with van der Waals surface area (Å²) in [7, 11) is -3.51. The van der Waals surface area contributed by atoms with Gasteiger partial charge in [0.25, 0.3) is 0 Å². The molecule has 0 spiro atoms. The first-order valence-electron chi connectivity index (χ1n) is 9.75. The summed E-state index contributed by atoms with van der Waals surface area (Å²) in [6.07, 6.45) is 0. The van der Waals surface area contributed by atoms with Gasteiger partial charge in [-0.3, -0.25) is 0 Å². The number of benzene rings is 2. The molecule has 0 aliphatic heterocycles. The van der Waals surface area contributed by atoms with Crippen LogP contribution in [0.2, 0.25) is 0 Å². The fourth-order valence-corrected chi connectivity index (χ4v) is 3.69. The third-order valence-electron chi connectivity index (χ3n) is 4.04. The summed E-state index contributed by atoms with van der Waals surface area (Å²) >= 11 is 0. The molecule has 0 unspecified atom stereocenters. The van der Waals surface area contributed by atoms with E-state index in [-0.39, 0.29) is 11.4 Å². The SMILES string of the molecule is CCNC(=NCc1ccc(C)cc1OCC)NCCNS(=O)(=O)c1ccccc1. The molecule has 0 saturated heterocycles. The van der Waals surface area contributed by atoms with Gasteiger partial charge in [0, 0.05) is 25.2 Å². The van der Waals surface area contributed by atoms with E-state index in [9.17, 15) is 8.42 Å². The van der Waals surface area contributed by atoms with Crippen molar-refractivity contribution in [2.24, 2.45) is 4.99 Å². The Balaban J connectivity index is 1.93. The van der Waals surface area contributed by atoms with E-state index in [1.54, 1.807) is 30.3 Å². The molecule has 2 aromatic carbocycles. The van der Waals surface area contributed by atoms with Crippen LogP contribution in [0.15, 0.2) is 58.4 Å². The van der Waals surface area contributed by atoms with Crippen LogP contribution in [0.25, 0.3) is 0 Å². The number of aliphatic imine (C=N–C) groups is 1. The number of nitrogens with one attached hydrogen (secondary N) is 3. The molecule has 7 nitrogen and oxygen atoms in total. The van der Waals surface area contributed by atoms with E-state index in [1.165, 1.54) is 0 Å². The molecule has 0 fully saturated rings. The number of aryl methyl sites for hydroxylation is 1. The molecule has 0 heterocycles. The van der Waals surface area contributed by atoms with Gasteiger partial charge < -0.3 is 15.4 Å². The van der Waals surface area contributed by atoms with Crippen LogP contribution in [-0.2, 0) is 16.6 Å². The van der Waals surface area contributed by atoms with Crippen molar-refractivity contribution in [1.82, 2.24) is 15.4 Å². The molecule has 0 atom stereocenters. The average Bonchev–Trinajstić information content (AvgIpc) is 2.71. The molecule has 3 N–H and O–H groups in total. The highest BCUT2D eigenvalue weighted by molar-refractivity contribution is 7.89. The molecule has 0 aromatic heterocycles. The zero-order valence-electron chi connectivity index (χ0n) is 17.2. The zero-order valence-corrected chi connectivity index (χ0v) is 18.1. The summed E-state index contributed by atoms with van der Waals surface area (Å²) in [6.45, 7) is 8.37. The Hall–Kier alpha value is -2.58. The summed E-state index contributed by atoms with van der Waals surface area (Å²) in [6, 6.07) is 14.4. The lowest BCUT2D eigenvalue weighted by Crippen LogP contribution is -2.41. The van der Waals surface area contributed by atoms with Crippen LogP contribution in [-0.4, -0.2) is 40.6 Å². The smallest absolute Gasteiger partial charge is 0.240 e. The summed E-state index contributed by atoms with van der Waals surface area (Å²) in [5, 5.41) is 6.31. The number of guanidine groups is 1. The van der Waals surface area contributed by atoms with Crippen LogP contribution < -0.4 is 20.1 Å². The van der Waals surface area contributed by atoms with Gasteiger partial charge in [0.1, 0.15) is 5.75 Å². The molecule has 0 bridgehead atoms.